The standard InChI is InChI=1S/C7H10N2OS/c1-9-6-3-2-4-11(10)7(6)5-8-9/h5H,2-4H2,1H3. The summed E-state index contributed by atoms with van der Waals surface area (Å²) in [7, 11) is 1.90. The fraction of sp³-hybridized carbons (Fsp3) is 0.571. The first kappa shape index (κ1) is 7.18. The van der Waals surface area contributed by atoms with E-state index in [1.54, 1.807) is 6.20 Å². The lowest BCUT2D eigenvalue weighted by molar-refractivity contribution is 0.580. The van der Waals surface area contributed by atoms with Crippen molar-refractivity contribution in [2.75, 3.05) is 5.75 Å². The normalized spacial score (nSPS) is 23.3. The summed E-state index contributed by atoms with van der Waals surface area (Å²) in [5, 5.41) is 4.07. The van der Waals surface area contributed by atoms with Crippen molar-refractivity contribution in [3.63, 3.8) is 0 Å². The molecule has 0 saturated heterocycles. The molecule has 1 aliphatic heterocycles. The van der Waals surface area contributed by atoms with Crippen LogP contribution in [-0.2, 0) is 24.6 Å². The minimum atomic E-state index is -0.778. The molecule has 11 heavy (non-hydrogen) atoms. The summed E-state index contributed by atoms with van der Waals surface area (Å²) >= 11 is -0.778. The van der Waals surface area contributed by atoms with E-state index in [2.05, 4.69) is 5.10 Å². The predicted molar refractivity (Wildman–Crippen MR) is 42.8 cm³/mol. The van der Waals surface area contributed by atoms with Crippen molar-refractivity contribution < 1.29 is 4.55 Å². The fourth-order valence-electron chi connectivity index (χ4n) is 1.40. The van der Waals surface area contributed by atoms with Gasteiger partial charge in [-0.25, -0.2) is 0 Å². The second-order valence-corrected chi connectivity index (χ2v) is 4.27. The molecule has 1 atom stereocenters. The van der Waals surface area contributed by atoms with Gasteiger partial charge in [0.1, 0.15) is 11.9 Å². The van der Waals surface area contributed by atoms with Gasteiger partial charge in [0.2, 0.25) is 0 Å². The molecule has 1 aromatic heterocycles. The Kier molecular flexibility index (Phi) is 1.65. The Morgan fingerprint density at radius 3 is 3.27 bits per heavy atom. The first-order valence-corrected chi connectivity index (χ1v) is 5.00. The van der Waals surface area contributed by atoms with Crippen LogP contribution in [0.3, 0.4) is 0 Å². The van der Waals surface area contributed by atoms with Gasteiger partial charge in [0, 0.05) is 7.05 Å². The van der Waals surface area contributed by atoms with Crippen LogP contribution in [0.25, 0.3) is 0 Å². The molecule has 3 nitrogen and oxygen atoms in total. The van der Waals surface area contributed by atoms with E-state index in [1.165, 1.54) is 0 Å². The van der Waals surface area contributed by atoms with Crippen molar-refractivity contribution in [2.24, 2.45) is 7.05 Å². The summed E-state index contributed by atoms with van der Waals surface area (Å²) in [6.45, 7) is 0. The van der Waals surface area contributed by atoms with Crippen LogP contribution < -0.4 is 0 Å². The SMILES string of the molecule is Cn1ncc2c1CCC[S+]2[O-]. The van der Waals surface area contributed by atoms with Crippen LogP contribution >= 0.6 is 0 Å². The van der Waals surface area contributed by atoms with Gasteiger partial charge in [0.05, 0.1) is 5.69 Å². The Hall–Kier alpha value is -0.480. The topological polar surface area (TPSA) is 40.9 Å². The Balaban J connectivity index is 2.46. The van der Waals surface area contributed by atoms with Crippen LogP contribution in [0, 0.1) is 0 Å². The highest BCUT2D eigenvalue weighted by atomic mass is 32.2. The van der Waals surface area contributed by atoms with Crippen molar-refractivity contribution in [3.8, 4) is 0 Å². The number of fused-ring (bicyclic) bond motifs is 1. The number of nitrogens with zero attached hydrogens (tertiary/aromatic N) is 2. The molecule has 0 aliphatic carbocycles. The number of aryl methyl sites for hydroxylation is 1. The van der Waals surface area contributed by atoms with E-state index >= 15 is 0 Å². The minimum absolute atomic E-state index is 0.778. The van der Waals surface area contributed by atoms with Crippen molar-refractivity contribution in [1.29, 1.82) is 0 Å². The monoisotopic (exact) mass is 170 g/mol. The van der Waals surface area contributed by atoms with Crippen LogP contribution in [0.4, 0.5) is 0 Å². The average Bonchev–Trinajstić information content (AvgIpc) is 2.35. The lowest BCUT2D eigenvalue weighted by Gasteiger charge is -2.15. The molecule has 0 spiro atoms. The smallest absolute Gasteiger partial charge is 0.193 e. The maximum absolute atomic E-state index is 11.4. The molecule has 60 valence electrons. The van der Waals surface area contributed by atoms with Gasteiger partial charge in [-0.1, -0.05) is 0 Å². The third kappa shape index (κ3) is 1.06. The number of hydrogen-bond acceptors (Lipinski definition) is 2. The van der Waals surface area contributed by atoms with E-state index in [0.717, 1.165) is 29.2 Å². The van der Waals surface area contributed by atoms with E-state index in [4.69, 9.17) is 0 Å². The van der Waals surface area contributed by atoms with E-state index < -0.39 is 11.2 Å². The zero-order valence-electron chi connectivity index (χ0n) is 6.41. The molecule has 0 aromatic carbocycles. The second kappa shape index (κ2) is 2.53. The van der Waals surface area contributed by atoms with Gasteiger partial charge in [-0.3, -0.25) is 4.68 Å². The maximum Gasteiger partial charge on any atom is 0.193 e. The Morgan fingerprint density at radius 1 is 1.73 bits per heavy atom. The zero-order valence-corrected chi connectivity index (χ0v) is 7.23. The Morgan fingerprint density at radius 2 is 2.55 bits per heavy atom. The van der Waals surface area contributed by atoms with Crippen LogP contribution in [0.5, 0.6) is 0 Å². The summed E-state index contributed by atoms with van der Waals surface area (Å²) < 4.78 is 13.2. The third-order valence-corrected chi connectivity index (χ3v) is 3.50. The van der Waals surface area contributed by atoms with E-state index in [0.29, 0.717) is 0 Å². The molecule has 0 N–H and O–H groups in total. The highest BCUT2D eigenvalue weighted by Gasteiger charge is 2.24. The van der Waals surface area contributed by atoms with Crippen LogP contribution in [0.2, 0.25) is 0 Å². The van der Waals surface area contributed by atoms with Gasteiger partial charge in [-0.15, -0.1) is 0 Å². The number of rotatable bonds is 0. The van der Waals surface area contributed by atoms with Gasteiger partial charge >= 0.3 is 0 Å². The van der Waals surface area contributed by atoms with Crippen LogP contribution in [0.15, 0.2) is 11.1 Å². The first-order valence-electron chi connectivity index (χ1n) is 3.68. The molecule has 1 aliphatic rings. The highest BCUT2D eigenvalue weighted by Crippen LogP contribution is 2.23. The lowest BCUT2D eigenvalue weighted by Crippen LogP contribution is -2.16. The molecular formula is C7H10N2OS. The van der Waals surface area contributed by atoms with Crippen molar-refractivity contribution in [3.05, 3.63) is 11.9 Å². The summed E-state index contributed by atoms with van der Waals surface area (Å²) in [6.07, 6.45) is 3.78. The van der Waals surface area contributed by atoms with Gasteiger partial charge in [0.15, 0.2) is 4.90 Å². The van der Waals surface area contributed by atoms with Crippen molar-refractivity contribution >= 4 is 11.2 Å². The minimum Gasteiger partial charge on any atom is -0.611 e. The first-order chi connectivity index (χ1) is 5.29. The molecule has 0 amide bonds. The van der Waals surface area contributed by atoms with E-state index in [1.807, 2.05) is 11.7 Å². The fourth-order valence-corrected chi connectivity index (χ4v) is 2.69. The summed E-state index contributed by atoms with van der Waals surface area (Å²) in [5.41, 5.74) is 1.15. The maximum atomic E-state index is 11.4. The molecule has 2 heterocycles. The zero-order chi connectivity index (χ0) is 7.84. The van der Waals surface area contributed by atoms with Crippen LogP contribution in [0.1, 0.15) is 12.1 Å². The molecule has 0 bridgehead atoms. The molecule has 0 saturated carbocycles. The predicted octanol–water partition coefficient (Wildman–Crippen LogP) is 0.474. The van der Waals surface area contributed by atoms with Crippen LogP contribution in [-0.4, -0.2) is 20.1 Å². The largest absolute Gasteiger partial charge is 0.611 e. The lowest BCUT2D eigenvalue weighted by atomic mass is 10.2. The summed E-state index contributed by atoms with van der Waals surface area (Å²) in [4.78, 5) is 0.943. The van der Waals surface area contributed by atoms with Crippen molar-refractivity contribution in [1.82, 2.24) is 9.78 Å². The Bertz CT molecular complexity index is 271. The van der Waals surface area contributed by atoms with E-state index in [-0.39, 0.29) is 0 Å². The summed E-state index contributed by atoms with van der Waals surface area (Å²) in [5.74, 6) is 0.804. The van der Waals surface area contributed by atoms with Gasteiger partial charge in [0.25, 0.3) is 0 Å². The third-order valence-electron chi connectivity index (χ3n) is 2.01. The highest BCUT2D eigenvalue weighted by molar-refractivity contribution is 7.91. The molecule has 1 unspecified atom stereocenters. The molecule has 4 heteroatoms. The van der Waals surface area contributed by atoms with E-state index in [9.17, 15) is 4.55 Å². The second-order valence-electron chi connectivity index (χ2n) is 2.73. The van der Waals surface area contributed by atoms with Crippen molar-refractivity contribution in [2.45, 2.75) is 17.7 Å². The molecule has 1 aromatic rings. The molecular weight excluding hydrogens is 160 g/mol. The quantitative estimate of drug-likeness (QED) is 0.531. The molecule has 2 rings (SSSR count). The number of aromatic nitrogens is 2. The van der Waals surface area contributed by atoms with Gasteiger partial charge in [-0.05, 0) is 24.0 Å². The van der Waals surface area contributed by atoms with Gasteiger partial charge in [-0.2, -0.15) is 5.10 Å². The summed E-state index contributed by atoms with van der Waals surface area (Å²) in [6, 6.07) is 0. The molecule has 0 radical (unpaired) electrons. The molecule has 0 fully saturated rings. The van der Waals surface area contributed by atoms with Gasteiger partial charge < -0.3 is 4.55 Å². The number of hydrogen-bond donors (Lipinski definition) is 0. The Labute approximate surface area is 68.6 Å². The average molecular weight is 170 g/mol.